The Morgan fingerprint density at radius 2 is 1.88 bits per heavy atom. The van der Waals surface area contributed by atoms with Gasteiger partial charge in [0, 0.05) is 25.2 Å². The molecule has 3 rings (SSSR count). The molecule has 2 unspecified atom stereocenters. The lowest BCUT2D eigenvalue weighted by Gasteiger charge is -2.31. The summed E-state index contributed by atoms with van der Waals surface area (Å²) in [5.74, 6) is 0.458. The Hall–Kier alpha value is -1.07. The number of carbonyl (C=O) groups is 1. The Kier molecular flexibility index (Phi) is 8.94. The van der Waals surface area contributed by atoms with Gasteiger partial charge in [-0.25, -0.2) is 0 Å². The summed E-state index contributed by atoms with van der Waals surface area (Å²) >= 11 is 0. The van der Waals surface area contributed by atoms with Gasteiger partial charge >= 0.3 is 0 Å². The second-order valence-electron chi connectivity index (χ2n) is 6.93. The number of piperidine rings is 1. The van der Waals surface area contributed by atoms with Crippen molar-refractivity contribution >= 4 is 36.8 Å². The molecule has 1 amide bonds. The Labute approximate surface area is 163 Å². The highest BCUT2D eigenvalue weighted by Gasteiger charge is 2.39. The van der Waals surface area contributed by atoms with E-state index >= 15 is 0 Å². The summed E-state index contributed by atoms with van der Waals surface area (Å²) in [6, 6.07) is 11.7. The predicted molar refractivity (Wildman–Crippen MR) is 108 cm³/mol. The van der Waals surface area contributed by atoms with Crippen LogP contribution >= 0.6 is 24.8 Å². The molecule has 1 aliphatic carbocycles. The number of hydrogen-bond donors (Lipinski definition) is 2. The summed E-state index contributed by atoms with van der Waals surface area (Å²) in [5.41, 5.74) is 8.02. The van der Waals surface area contributed by atoms with Crippen LogP contribution in [0, 0.1) is 5.92 Å². The highest BCUT2D eigenvalue weighted by atomic mass is 35.5. The van der Waals surface area contributed by atoms with Crippen molar-refractivity contribution in [3.63, 3.8) is 0 Å². The lowest BCUT2D eigenvalue weighted by Crippen LogP contribution is -2.46. The molecule has 4 nitrogen and oxygen atoms in total. The van der Waals surface area contributed by atoms with Crippen LogP contribution in [0.25, 0.3) is 6.08 Å². The number of rotatable bonds is 6. The van der Waals surface area contributed by atoms with E-state index in [2.05, 4.69) is 53.5 Å². The van der Waals surface area contributed by atoms with E-state index < -0.39 is 0 Å². The summed E-state index contributed by atoms with van der Waals surface area (Å²) in [6.07, 6.45) is 5.77. The number of amides is 1. The van der Waals surface area contributed by atoms with Gasteiger partial charge in [0.15, 0.2) is 0 Å². The average Bonchev–Trinajstić information content (AvgIpc) is 3.29. The van der Waals surface area contributed by atoms with Gasteiger partial charge in [0.25, 0.3) is 0 Å². The van der Waals surface area contributed by atoms with Gasteiger partial charge in [0.05, 0.1) is 6.54 Å². The van der Waals surface area contributed by atoms with Crippen LogP contribution in [0.4, 0.5) is 0 Å². The van der Waals surface area contributed by atoms with Crippen molar-refractivity contribution < 1.29 is 4.79 Å². The molecule has 0 radical (unpaired) electrons. The second kappa shape index (κ2) is 10.2. The molecule has 2 atom stereocenters. The number of carbonyl (C=O) groups excluding carboxylic acids is 1. The van der Waals surface area contributed by atoms with E-state index in [4.69, 9.17) is 5.73 Å². The molecule has 1 heterocycles. The number of benzene rings is 1. The lowest BCUT2D eigenvalue weighted by molar-refractivity contribution is -0.119. The molecular formula is C19H29Cl2N3O. The van der Waals surface area contributed by atoms with Gasteiger partial charge in [-0.15, -0.1) is 24.8 Å². The standard InChI is InChI=1S/C19H27N3O.2ClH/c1-14(11-15-5-3-2-4-6-15)17-12-18(17)21-16-7-9-22(10-8-16)13-19(20)23;;/h2-6,11,16-18,21H,7-10,12-13H2,1H3,(H2,20,23);2*1H/b14-11+;;. The van der Waals surface area contributed by atoms with Crippen LogP contribution in [-0.2, 0) is 4.79 Å². The molecule has 3 N–H and O–H groups in total. The van der Waals surface area contributed by atoms with Crippen molar-refractivity contribution in [3.8, 4) is 0 Å². The molecule has 1 aliphatic heterocycles. The van der Waals surface area contributed by atoms with E-state index in [0.717, 1.165) is 25.9 Å². The van der Waals surface area contributed by atoms with E-state index in [0.29, 0.717) is 24.5 Å². The molecule has 1 aromatic carbocycles. The summed E-state index contributed by atoms with van der Waals surface area (Å²) in [4.78, 5) is 13.1. The third kappa shape index (κ3) is 6.63. The van der Waals surface area contributed by atoms with Crippen molar-refractivity contribution in [3.05, 3.63) is 41.5 Å². The van der Waals surface area contributed by atoms with Crippen LogP contribution < -0.4 is 11.1 Å². The van der Waals surface area contributed by atoms with E-state index in [1.807, 2.05) is 0 Å². The number of halogens is 2. The van der Waals surface area contributed by atoms with Crippen LogP contribution in [0.15, 0.2) is 35.9 Å². The van der Waals surface area contributed by atoms with Crippen LogP contribution in [0.5, 0.6) is 0 Å². The molecule has 1 saturated carbocycles. The Morgan fingerprint density at radius 1 is 1.24 bits per heavy atom. The van der Waals surface area contributed by atoms with Crippen molar-refractivity contribution in [2.24, 2.45) is 11.7 Å². The van der Waals surface area contributed by atoms with Crippen LogP contribution in [0.2, 0.25) is 0 Å². The summed E-state index contributed by atoms with van der Waals surface area (Å²) in [7, 11) is 0. The molecule has 25 heavy (non-hydrogen) atoms. The maximum Gasteiger partial charge on any atom is 0.231 e. The maximum atomic E-state index is 11.0. The summed E-state index contributed by atoms with van der Waals surface area (Å²) in [5, 5.41) is 3.80. The zero-order valence-electron chi connectivity index (χ0n) is 14.7. The molecule has 6 heteroatoms. The number of nitrogens with two attached hydrogens (primary N) is 1. The number of primary amides is 1. The number of hydrogen-bond acceptors (Lipinski definition) is 3. The lowest BCUT2D eigenvalue weighted by atomic mass is 10.0. The second-order valence-corrected chi connectivity index (χ2v) is 6.93. The number of nitrogens with zero attached hydrogens (tertiary/aromatic N) is 1. The summed E-state index contributed by atoms with van der Waals surface area (Å²) in [6.45, 7) is 4.58. The minimum atomic E-state index is -0.222. The van der Waals surface area contributed by atoms with Crippen molar-refractivity contribution in [1.29, 1.82) is 0 Å². The van der Waals surface area contributed by atoms with Gasteiger partial charge in [-0.1, -0.05) is 42.0 Å². The minimum Gasteiger partial charge on any atom is -0.369 e. The Balaban J connectivity index is 0.00000156. The van der Waals surface area contributed by atoms with E-state index in [1.165, 1.54) is 17.6 Å². The zero-order chi connectivity index (χ0) is 16.2. The fourth-order valence-corrected chi connectivity index (χ4v) is 3.58. The Morgan fingerprint density at radius 3 is 2.48 bits per heavy atom. The zero-order valence-corrected chi connectivity index (χ0v) is 16.3. The fraction of sp³-hybridized carbons (Fsp3) is 0.526. The normalized spacial score (nSPS) is 24.1. The van der Waals surface area contributed by atoms with E-state index in [1.54, 1.807) is 0 Å². The first-order valence-corrected chi connectivity index (χ1v) is 8.62. The van der Waals surface area contributed by atoms with E-state index in [9.17, 15) is 4.79 Å². The van der Waals surface area contributed by atoms with Crippen LogP contribution in [0.1, 0.15) is 31.7 Å². The largest absolute Gasteiger partial charge is 0.369 e. The molecule has 1 aromatic rings. The first-order valence-electron chi connectivity index (χ1n) is 8.62. The van der Waals surface area contributed by atoms with Gasteiger partial charge in [-0.05, 0) is 37.7 Å². The van der Waals surface area contributed by atoms with Crippen molar-refractivity contribution in [2.75, 3.05) is 19.6 Å². The number of likely N-dealkylation sites (tertiary alicyclic amines) is 1. The van der Waals surface area contributed by atoms with Gasteiger partial charge in [-0.2, -0.15) is 0 Å². The molecular weight excluding hydrogens is 357 g/mol. The number of nitrogens with one attached hydrogen (secondary N) is 1. The van der Waals surface area contributed by atoms with Crippen LogP contribution in [-0.4, -0.2) is 42.5 Å². The van der Waals surface area contributed by atoms with Gasteiger partial charge in [-0.3, -0.25) is 9.69 Å². The molecule has 140 valence electrons. The molecule has 0 bridgehead atoms. The first kappa shape index (κ1) is 22.0. The van der Waals surface area contributed by atoms with Crippen molar-refractivity contribution in [2.45, 2.75) is 38.3 Å². The Bertz CT molecular complexity index is 571. The SMILES string of the molecule is C/C(=C\c1ccccc1)C1CC1NC1CCN(CC(N)=O)CC1.Cl.Cl. The molecule has 0 aromatic heterocycles. The topological polar surface area (TPSA) is 58.4 Å². The van der Waals surface area contributed by atoms with E-state index in [-0.39, 0.29) is 30.7 Å². The predicted octanol–water partition coefficient (Wildman–Crippen LogP) is 2.86. The maximum absolute atomic E-state index is 11.0. The van der Waals surface area contributed by atoms with Gasteiger partial charge in [0.2, 0.25) is 5.91 Å². The first-order chi connectivity index (χ1) is 11.1. The molecule has 2 aliphatic rings. The highest BCUT2D eigenvalue weighted by Crippen LogP contribution is 2.38. The molecule has 1 saturated heterocycles. The smallest absolute Gasteiger partial charge is 0.231 e. The fourth-order valence-electron chi connectivity index (χ4n) is 3.58. The van der Waals surface area contributed by atoms with Gasteiger partial charge in [0.1, 0.15) is 0 Å². The molecule has 0 spiro atoms. The summed E-state index contributed by atoms with van der Waals surface area (Å²) < 4.78 is 0. The third-order valence-electron chi connectivity index (χ3n) is 4.99. The van der Waals surface area contributed by atoms with Crippen molar-refractivity contribution in [1.82, 2.24) is 10.2 Å². The molecule has 2 fully saturated rings. The minimum absolute atomic E-state index is 0. The monoisotopic (exact) mass is 385 g/mol. The average molecular weight is 386 g/mol. The van der Waals surface area contributed by atoms with Crippen LogP contribution in [0.3, 0.4) is 0 Å². The highest BCUT2D eigenvalue weighted by molar-refractivity contribution is 5.85. The third-order valence-corrected chi connectivity index (χ3v) is 4.99. The van der Waals surface area contributed by atoms with Gasteiger partial charge < -0.3 is 11.1 Å². The quantitative estimate of drug-likeness (QED) is 0.791.